The molecule has 2 aliphatic rings. The van der Waals surface area contributed by atoms with Crippen LogP contribution in [0.1, 0.15) is 37.3 Å². The maximum Gasteiger partial charge on any atom is 0.416 e. The minimum atomic E-state index is -4.47. The first kappa shape index (κ1) is 20.4. The minimum Gasteiger partial charge on any atom is -0.496 e. The number of hydrogen-bond donors (Lipinski definition) is 2. The summed E-state index contributed by atoms with van der Waals surface area (Å²) >= 11 is 0. The summed E-state index contributed by atoms with van der Waals surface area (Å²) in [6, 6.07) is 3.21. The van der Waals surface area contributed by atoms with Crippen molar-refractivity contribution in [2.75, 3.05) is 25.1 Å². The second-order valence-electron chi connectivity index (χ2n) is 8.14. The average molecular weight is 424 g/mol. The van der Waals surface area contributed by atoms with Crippen LogP contribution in [0.5, 0.6) is 5.75 Å². The molecule has 1 aliphatic carbocycles. The number of nitrogens with zero attached hydrogens (tertiary/aromatic N) is 4. The fourth-order valence-corrected chi connectivity index (χ4v) is 4.25. The smallest absolute Gasteiger partial charge is 0.416 e. The highest BCUT2D eigenvalue weighted by atomic mass is 19.4. The van der Waals surface area contributed by atoms with E-state index in [-0.39, 0.29) is 17.7 Å². The van der Waals surface area contributed by atoms with Gasteiger partial charge in [0.2, 0.25) is 11.9 Å². The number of aromatic amines is 1. The number of carbonyl (C=O) groups excluding carboxylic acids is 1. The van der Waals surface area contributed by atoms with Crippen LogP contribution in [0.3, 0.4) is 0 Å². The molecule has 2 N–H and O–H groups in total. The highest BCUT2D eigenvalue weighted by Crippen LogP contribution is 2.52. The zero-order chi connectivity index (χ0) is 21.5. The first-order valence-corrected chi connectivity index (χ1v) is 9.78. The van der Waals surface area contributed by atoms with E-state index in [0.717, 1.165) is 25.1 Å². The number of carbonyl (C=O) groups is 1. The van der Waals surface area contributed by atoms with E-state index in [1.54, 1.807) is 0 Å². The van der Waals surface area contributed by atoms with Crippen molar-refractivity contribution in [2.24, 2.45) is 5.92 Å². The van der Waals surface area contributed by atoms with Gasteiger partial charge in [0.25, 0.3) is 0 Å². The topological polar surface area (TPSA) is 96.0 Å². The molecular weight excluding hydrogens is 401 g/mol. The molecule has 2 fully saturated rings. The molecule has 2 atom stereocenters. The molecule has 0 bridgehead atoms. The third kappa shape index (κ3) is 3.80. The second-order valence-corrected chi connectivity index (χ2v) is 8.14. The first-order valence-electron chi connectivity index (χ1n) is 9.78. The van der Waals surface area contributed by atoms with E-state index < -0.39 is 17.2 Å². The molecule has 1 saturated carbocycles. The number of amides is 1. The Morgan fingerprint density at radius 3 is 2.70 bits per heavy atom. The fourth-order valence-electron chi connectivity index (χ4n) is 4.25. The number of rotatable bonds is 5. The van der Waals surface area contributed by atoms with Crippen molar-refractivity contribution in [1.29, 1.82) is 0 Å². The monoisotopic (exact) mass is 424 g/mol. The van der Waals surface area contributed by atoms with E-state index in [4.69, 9.17) is 4.74 Å². The van der Waals surface area contributed by atoms with Crippen molar-refractivity contribution in [2.45, 2.75) is 43.8 Å². The molecule has 2 heterocycles. The van der Waals surface area contributed by atoms with Crippen molar-refractivity contribution < 1.29 is 22.7 Å². The number of alkyl halides is 3. The van der Waals surface area contributed by atoms with E-state index in [0.29, 0.717) is 36.8 Å². The van der Waals surface area contributed by atoms with Crippen molar-refractivity contribution >= 4 is 11.9 Å². The molecule has 1 aliphatic heterocycles. The van der Waals surface area contributed by atoms with Crippen LogP contribution in [0, 0.1) is 5.92 Å². The van der Waals surface area contributed by atoms with Crippen molar-refractivity contribution in [3.05, 3.63) is 29.3 Å². The van der Waals surface area contributed by atoms with Crippen LogP contribution in [-0.2, 0) is 16.4 Å². The number of piperidine rings is 1. The van der Waals surface area contributed by atoms with Crippen LogP contribution < -0.4 is 15.0 Å². The summed E-state index contributed by atoms with van der Waals surface area (Å²) in [6.07, 6.45) is -2.54. The molecule has 0 spiro atoms. The summed E-state index contributed by atoms with van der Waals surface area (Å²) in [5.41, 5.74) is -1.15. The number of hydrogen-bond acceptors (Lipinski definition) is 6. The summed E-state index contributed by atoms with van der Waals surface area (Å²) in [4.78, 5) is 15.2. The number of benzene rings is 1. The van der Waals surface area contributed by atoms with Crippen molar-refractivity contribution in [3.63, 3.8) is 0 Å². The van der Waals surface area contributed by atoms with Crippen LogP contribution in [0.4, 0.5) is 19.1 Å². The summed E-state index contributed by atoms with van der Waals surface area (Å²) in [5.74, 6) is 0.760. The zero-order valence-corrected chi connectivity index (χ0v) is 16.7. The maximum absolute atomic E-state index is 13.2. The molecule has 0 unspecified atom stereocenters. The van der Waals surface area contributed by atoms with Gasteiger partial charge in [0.15, 0.2) is 0 Å². The summed E-state index contributed by atoms with van der Waals surface area (Å²) < 4.78 is 44.4. The van der Waals surface area contributed by atoms with Gasteiger partial charge in [0, 0.05) is 24.7 Å². The molecule has 1 amide bonds. The number of anilines is 1. The standard InChI is InChI=1S/C19H23F3N6O2/c1-11-7-13(10-28(9-11)17-24-26-27-25-17)23-16(29)18(5-6-18)14-4-3-12(19(20,21)22)8-15(14)30-2/h3-4,8,11,13H,5-7,9-10H2,1-2H3,(H,23,29)(H,24,25,26,27)/t11-,13+/m0/s1. The van der Waals surface area contributed by atoms with Gasteiger partial charge in [0.1, 0.15) is 5.75 Å². The van der Waals surface area contributed by atoms with Gasteiger partial charge in [-0.15, -0.1) is 0 Å². The summed E-state index contributed by atoms with van der Waals surface area (Å²) in [6.45, 7) is 3.40. The van der Waals surface area contributed by atoms with Gasteiger partial charge < -0.3 is 15.0 Å². The Balaban J connectivity index is 1.52. The van der Waals surface area contributed by atoms with E-state index in [1.807, 2.05) is 4.90 Å². The normalized spacial score (nSPS) is 23.2. The van der Waals surface area contributed by atoms with Gasteiger partial charge in [-0.2, -0.15) is 13.2 Å². The average Bonchev–Trinajstić information content (AvgIpc) is 3.32. The molecule has 8 nitrogen and oxygen atoms in total. The predicted molar refractivity (Wildman–Crippen MR) is 101 cm³/mol. The highest BCUT2D eigenvalue weighted by molar-refractivity contribution is 5.92. The molecule has 11 heteroatoms. The summed E-state index contributed by atoms with van der Waals surface area (Å²) in [7, 11) is 1.32. The molecule has 2 aromatic rings. The Morgan fingerprint density at radius 1 is 1.33 bits per heavy atom. The lowest BCUT2D eigenvalue weighted by atomic mass is 9.91. The van der Waals surface area contributed by atoms with Crippen LogP contribution in [0.15, 0.2) is 18.2 Å². The minimum absolute atomic E-state index is 0.0869. The number of nitrogens with one attached hydrogen (secondary N) is 2. The van der Waals surface area contributed by atoms with E-state index >= 15 is 0 Å². The zero-order valence-electron chi connectivity index (χ0n) is 16.7. The van der Waals surface area contributed by atoms with Crippen LogP contribution in [0.2, 0.25) is 0 Å². The summed E-state index contributed by atoms with van der Waals surface area (Å²) in [5, 5.41) is 17.0. The molecule has 30 heavy (non-hydrogen) atoms. The van der Waals surface area contributed by atoms with E-state index in [9.17, 15) is 18.0 Å². The highest BCUT2D eigenvalue weighted by Gasteiger charge is 2.53. The Kier molecular flexibility index (Phi) is 5.07. The lowest BCUT2D eigenvalue weighted by Crippen LogP contribution is -2.52. The fraction of sp³-hybridized carbons (Fsp3) is 0.579. The number of ether oxygens (including phenoxy) is 1. The molecule has 4 rings (SSSR count). The van der Waals surface area contributed by atoms with Crippen molar-refractivity contribution in [1.82, 2.24) is 25.9 Å². The van der Waals surface area contributed by atoms with Gasteiger partial charge in [0.05, 0.1) is 18.1 Å². The second kappa shape index (κ2) is 7.44. The number of aromatic nitrogens is 4. The van der Waals surface area contributed by atoms with Gasteiger partial charge >= 0.3 is 6.18 Å². The molecular formula is C19H23F3N6O2. The Morgan fingerprint density at radius 2 is 2.10 bits per heavy atom. The molecule has 1 saturated heterocycles. The number of methoxy groups -OCH3 is 1. The lowest BCUT2D eigenvalue weighted by molar-refractivity contribution is -0.137. The Labute approximate surface area is 171 Å². The predicted octanol–water partition coefficient (Wildman–Crippen LogP) is 2.29. The van der Waals surface area contributed by atoms with Crippen LogP contribution in [0.25, 0.3) is 0 Å². The molecule has 1 aromatic heterocycles. The van der Waals surface area contributed by atoms with Gasteiger partial charge in [-0.3, -0.25) is 4.79 Å². The SMILES string of the molecule is COc1cc(C(F)(F)F)ccc1C1(C(=O)N[C@@H]2C[C@H](C)CN(c3nnn[nH]3)C2)CC1. The number of tetrazole rings is 1. The van der Waals surface area contributed by atoms with Crippen LogP contribution in [-0.4, -0.2) is 52.8 Å². The Bertz CT molecular complexity index is 913. The third-order valence-electron chi connectivity index (χ3n) is 5.86. The molecule has 0 radical (unpaired) electrons. The Hall–Kier alpha value is -2.85. The lowest BCUT2D eigenvalue weighted by Gasteiger charge is -2.36. The van der Waals surface area contributed by atoms with E-state index in [1.165, 1.54) is 13.2 Å². The van der Waals surface area contributed by atoms with E-state index in [2.05, 4.69) is 32.9 Å². The van der Waals surface area contributed by atoms with Gasteiger partial charge in [-0.05, 0) is 47.7 Å². The van der Waals surface area contributed by atoms with Crippen molar-refractivity contribution in [3.8, 4) is 5.75 Å². The molecule has 1 aromatic carbocycles. The third-order valence-corrected chi connectivity index (χ3v) is 5.86. The first-order chi connectivity index (χ1) is 14.2. The van der Waals surface area contributed by atoms with Gasteiger partial charge in [-0.25, -0.2) is 5.10 Å². The molecule has 162 valence electrons. The largest absolute Gasteiger partial charge is 0.496 e. The number of halogens is 3. The number of H-pyrrole nitrogens is 1. The quantitative estimate of drug-likeness (QED) is 0.765. The van der Waals surface area contributed by atoms with Crippen LogP contribution >= 0.6 is 0 Å². The maximum atomic E-state index is 13.2. The van der Waals surface area contributed by atoms with Gasteiger partial charge in [-0.1, -0.05) is 18.1 Å².